The number of hydrogen-bond donors (Lipinski definition) is 1. The Morgan fingerprint density at radius 3 is 2.65 bits per heavy atom. The SMILES string of the molecule is Cl.Fc1ccc(-c2ccc(CNCc3ccc4c(c3)OCO4)o2)cc1Cl. The standard InChI is InChI=1S/C19H15ClFNO3.ClH/c20-15-8-13(2-4-16(15)21)17-6-3-14(25-17)10-22-9-12-1-5-18-19(7-12)24-11-23-18;/h1-8,22H,9-11H2;1H. The maximum absolute atomic E-state index is 13.2. The molecule has 1 aliphatic rings. The van der Waals surface area contributed by atoms with Crippen LogP contribution in [0.15, 0.2) is 52.9 Å². The predicted octanol–water partition coefficient (Wildman–Crippen LogP) is 5.18. The average molecular weight is 396 g/mol. The van der Waals surface area contributed by atoms with Crippen molar-refractivity contribution in [2.24, 2.45) is 0 Å². The normalized spacial score (nSPS) is 12.1. The van der Waals surface area contributed by atoms with Gasteiger partial charge in [0.2, 0.25) is 6.79 Å². The molecule has 0 unspecified atom stereocenters. The van der Waals surface area contributed by atoms with Gasteiger partial charge in [-0.15, -0.1) is 12.4 Å². The number of hydrogen-bond acceptors (Lipinski definition) is 4. The molecule has 2 aromatic carbocycles. The van der Waals surface area contributed by atoms with E-state index >= 15 is 0 Å². The molecular weight excluding hydrogens is 380 g/mol. The van der Waals surface area contributed by atoms with E-state index in [-0.39, 0.29) is 24.2 Å². The molecule has 4 nitrogen and oxygen atoms in total. The minimum absolute atomic E-state index is 0. The van der Waals surface area contributed by atoms with Gasteiger partial charge in [-0.05, 0) is 48.0 Å². The fraction of sp³-hybridized carbons (Fsp3) is 0.158. The lowest BCUT2D eigenvalue weighted by atomic mass is 10.2. The molecule has 0 radical (unpaired) electrons. The second kappa shape index (κ2) is 7.99. The summed E-state index contributed by atoms with van der Waals surface area (Å²) < 4.78 is 29.7. The highest BCUT2D eigenvalue weighted by Crippen LogP contribution is 2.32. The number of furan rings is 1. The lowest BCUT2D eigenvalue weighted by Crippen LogP contribution is -2.11. The van der Waals surface area contributed by atoms with Gasteiger partial charge in [0.05, 0.1) is 11.6 Å². The Balaban J connectivity index is 0.00000196. The Hall–Kier alpha value is -2.21. The van der Waals surface area contributed by atoms with Crippen LogP contribution in [-0.4, -0.2) is 6.79 Å². The summed E-state index contributed by atoms with van der Waals surface area (Å²) in [6.07, 6.45) is 0. The highest BCUT2D eigenvalue weighted by molar-refractivity contribution is 6.31. The topological polar surface area (TPSA) is 43.6 Å². The Bertz CT molecular complexity index is 914. The summed E-state index contributed by atoms with van der Waals surface area (Å²) in [7, 11) is 0. The molecule has 1 aliphatic heterocycles. The summed E-state index contributed by atoms with van der Waals surface area (Å²) in [6.45, 7) is 1.52. The molecule has 1 aromatic heterocycles. The zero-order valence-corrected chi connectivity index (χ0v) is 15.2. The fourth-order valence-corrected chi connectivity index (χ4v) is 2.84. The van der Waals surface area contributed by atoms with Crippen molar-refractivity contribution in [1.29, 1.82) is 0 Å². The van der Waals surface area contributed by atoms with Crippen LogP contribution in [0.2, 0.25) is 5.02 Å². The third-order valence-corrected chi connectivity index (χ3v) is 4.22. The summed E-state index contributed by atoms with van der Waals surface area (Å²) in [6, 6.07) is 14.1. The lowest BCUT2D eigenvalue weighted by molar-refractivity contribution is 0.174. The summed E-state index contributed by atoms with van der Waals surface area (Å²) >= 11 is 5.81. The smallest absolute Gasteiger partial charge is 0.231 e. The average Bonchev–Trinajstić information content (AvgIpc) is 3.26. The highest BCUT2D eigenvalue weighted by Gasteiger charge is 2.13. The molecule has 0 saturated heterocycles. The molecule has 3 aromatic rings. The van der Waals surface area contributed by atoms with Crippen LogP contribution in [-0.2, 0) is 13.1 Å². The second-order valence-corrected chi connectivity index (χ2v) is 6.09. The molecular formula is C19H16Cl2FNO3. The van der Waals surface area contributed by atoms with Crippen LogP contribution < -0.4 is 14.8 Å². The van der Waals surface area contributed by atoms with Crippen LogP contribution in [0.5, 0.6) is 11.5 Å². The molecule has 0 atom stereocenters. The van der Waals surface area contributed by atoms with Crippen LogP contribution in [0, 0.1) is 5.82 Å². The van der Waals surface area contributed by atoms with Gasteiger partial charge >= 0.3 is 0 Å². The monoisotopic (exact) mass is 395 g/mol. The molecule has 0 spiro atoms. The molecule has 2 heterocycles. The first kappa shape index (κ1) is 18.6. The van der Waals surface area contributed by atoms with Crippen LogP contribution >= 0.6 is 24.0 Å². The fourth-order valence-electron chi connectivity index (χ4n) is 2.66. The van der Waals surface area contributed by atoms with E-state index in [0.717, 1.165) is 28.4 Å². The van der Waals surface area contributed by atoms with Gasteiger partial charge in [-0.2, -0.15) is 0 Å². The van der Waals surface area contributed by atoms with E-state index in [4.69, 9.17) is 25.5 Å². The van der Waals surface area contributed by atoms with Crippen molar-refractivity contribution in [2.45, 2.75) is 13.1 Å². The number of halogens is 3. The Kier molecular flexibility index (Phi) is 5.71. The number of fused-ring (bicyclic) bond motifs is 1. The molecule has 4 rings (SSSR count). The Labute approximate surface area is 161 Å². The molecule has 26 heavy (non-hydrogen) atoms. The molecule has 0 aliphatic carbocycles. The number of nitrogens with one attached hydrogen (secondary N) is 1. The maximum Gasteiger partial charge on any atom is 0.231 e. The van der Waals surface area contributed by atoms with Crippen LogP contribution in [0.4, 0.5) is 4.39 Å². The van der Waals surface area contributed by atoms with Gasteiger partial charge in [0.25, 0.3) is 0 Å². The number of ether oxygens (including phenoxy) is 2. The van der Waals surface area contributed by atoms with E-state index in [0.29, 0.717) is 18.8 Å². The summed E-state index contributed by atoms with van der Waals surface area (Å²) in [4.78, 5) is 0. The first-order valence-corrected chi connectivity index (χ1v) is 8.20. The molecule has 136 valence electrons. The second-order valence-electron chi connectivity index (χ2n) is 5.69. The largest absolute Gasteiger partial charge is 0.460 e. The molecule has 0 fully saturated rings. The van der Waals surface area contributed by atoms with Crippen molar-refractivity contribution in [3.8, 4) is 22.8 Å². The zero-order chi connectivity index (χ0) is 17.2. The number of rotatable bonds is 5. The summed E-state index contributed by atoms with van der Waals surface area (Å²) in [5.41, 5.74) is 1.84. The van der Waals surface area contributed by atoms with Crippen molar-refractivity contribution in [2.75, 3.05) is 6.79 Å². The van der Waals surface area contributed by atoms with Gasteiger partial charge in [-0.25, -0.2) is 4.39 Å². The molecule has 0 saturated carbocycles. The van der Waals surface area contributed by atoms with Gasteiger partial charge < -0.3 is 19.2 Å². The predicted molar refractivity (Wildman–Crippen MR) is 99.5 cm³/mol. The first-order chi connectivity index (χ1) is 12.2. The van der Waals surface area contributed by atoms with Crippen molar-refractivity contribution in [3.63, 3.8) is 0 Å². The van der Waals surface area contributed by atoms with Gasteiger partial charge in [0.15, 0.2) is 11.5 Å². The van der Waals surface area contributed by atoms with E-state index < -0.39 is 5.82 Å². The van der Waals surface area contributed by atoms with Crippen molar-refractivity contribution >= 4 is 24.0 Å². The van der Waals surface area contributed by atoms with Crippen molar-refractivity contribution in [1.82, 2.24) is 5.32 Å². The van der Waals surface area contributed by atoms with Crippen LogP contribution in [0.25, 0.3) is 11.3 Å². The van der Waals surface area contributed by atoms with E-state index in [2.05, 4.69) is 5.32 Å². The van der Waals surface area contributed by atoms with Crippen LogP contribution in [0.3, 0.4) is 0 Å². The number of benzene rings is 2. The molecule has 0 amide bonds. The third kappa shape index (κ3) is 3.96. The van der Waals surface area contributed by atoms with Gasteiger partial charge in [-0.1, -0.05) is 17.7 Å². The van der Waals surface area contributed by atoms with E-state index in [1.54, 1.807) is 12.1 Å². The van der Waals surface area contributed by atoms with Gasteiger partial charge in [-0.3, -0.25) is 0 Å². The first-order valence-electron chi connectivity index (χ1n) is 7.82. The molecule has 7 heteroatoms. The van der Waals surface area contributed by atoms with Crippen molar-refractivity contribution < 1.29 is 18.3 Å². The Morgan fingerprint density at radius 2 is 1.81 bits per heavy atom. The third-order valence-electron chi connectivity index (χ3n) is 3.93. The quantitative estimate of drug-likeness (QED) is 0.646. The molecule has 0 bridgehead atoms. The maximum atomic E-state index is 13.2. The van der Waals surface area contributed by atoms with E-state index in [1.165, 1.54) is 6.07 Å². The summed E-state index contributed by atoms with van der Waals surface area (Å²) in [5.74, 6) is 2.55. The minimum Gasteiger partial charge on any atom is -0.460 e. The van der Waals surface area contributed by atoms with E-state index in [1.807, 2.05) is 30.3 Å². The summed E-state index contributed by atoms with van der Waals surface area (Å²) in [5, 5.41) is 3.40. The van der Waals surface area contributed by atoms with Gasteiger partial charge in [0.1, 0.15) is 17.3 Å². The van der Waals surface area contributed by atoms with Crippen molar-refractivity contribution in [3.05, 3.63) is 70.7 Å². The Morgan fingerprint density at radius 1 is 0.962 bits per heavy atom. The molecule has 1 N–H and O–H groups in total. The lowest BCUT2D eigenvalue weighted by Gasteiger charge is -2.05. The van der Waals surface area contributed by atoms with E-state index in [9.17, 15) is 4.39 Å². The van der Waals surface area contributed by atoms with Crippen LogP contribution in [0.1, 0.15) is 11.3 Å². The minimum atomic E-state index is -0.442. The zero-order valence-electron chi connectivity index (χ0n) is 13.6. The highest BCUT2D eigenvalue weighted by atomic mass is 35.5. The van der Waals surface area contributed by atoms with Gasteiger partial charge in [0, 0.05) is 12.1 Å².